The van der Waals surface area contributed by atoms with Crippen LogP contribution in [-0.2, 0) is 5.54 Å². The number of hydrogen-bond acceptors (Lipinski definition) is 6. The van der Waals surface area contributed by atoms with Crippen LogP contribution in [-0.4, -0.2) is 41.0 Å². The first-order valence-electron chi connectivity index (χ1n) is 9.38. The Morgan fingerprint density at radius 1 is 1.25 bits per heavy atom. The molecule has 0 bridgehead atoms. The van der Waals surface area contributed by atoms with Crippen molar-refractivity contribution in [2.75, 3.05) is 12.4 Å². The highest BCUT2D eigenvalue weighted by molar-refractivity contribution is 6.14. The molecule has 2 aromatic rings. The highest BCUT2D eigenvalue weighted by Crippen LogP contribution is 2.45. The van der Waals surface area contributed by atoms with Gasteiger partial charge in [-0.15, -0.1) is 0 Å². The highest BCUT2D eigenvalue weighted by atomic mass is 16.4. The molecule has 2 N–H and O–H groups in total. The van der Waals surface area contributed by atoms with Crippen molar-refractivity contribution in [3.8, 4) is 0 Å². The summed E-state index contributed by atoms with van der Waals surface area (Å²) in [6.45, 7) is 7.50. The third-order valence-electron chi connectivity index (χ3n) is 5.42. The number of hydrogen-bond donors (Lipinski definition) is 2. The van der Waals surface area contributed by atoms with Crippen LogP contribution in [0.5, 0.6) is 0 Å². The normalized spacial score (nSPS) is 19.0. The van der Waals surface area contributed by atoms with Crippen LogP contribution in [0.25, 0.3) is 0 Å². The fourth-order valence-electron chi connectivity index (χ4n) is 3.32. The maximum absolute atomic E-state index is 13.3. The van der Waals surface area contributed by atoms with Crippen molar-refractivity contribution in [3.05, 3.63) is 41.2 Å². The van der Waals surface area contributed by atoms with Gasteiger partial charge in [-0.2, -0.15) is 0 Å². The van der Waals surface area contributed by atoms with Gasteiger partial charge >= 0.3 is 0 Å². The first kappa shape index (κ1) is 18.3. The first-order chi connectivity index (χ1) is 13.4. The topological polar surface area (TPSA) is 105 Å². The summed E-state index contributed by atoms with van der Waals surface area (Å²) in [7, 11) is 1.74. The van der Waals surface area contributed by atoms with E-state index in [0.29, 0.717) is 28.6 Å². The summed E-state index contributed by atoms with van der Waals surface area (Å²) < 4.78 is 5.81. The Morgan fingerprint density at radius 2 is 2.00 bits per heavy atom. The van der Waals surface area contributed by atoms with Gasteiger partial charge in [0.15, 0.2) is 5.84 Å². The predicted octanol–water partition coefficient (Wildman–Crippen LogP) is 2.84. The number of nitrogens with one attached hydrogen (secondary N) is 2. The maximum atomic E-state index is 13.3. The molecule has 0 aromatic carbocycles. The second-order valence-corrected chi connectivity index (χ2v) is 7.70. The Kier molecular flexibility index (Phi) is 4.28. The molecular formula is C20H24N6O2. The van der Waals surface area contributed by atoms with E-state index in [-0.39, 0.29) is 11.4 Å². The molecule has 0 aliphatic heterocycles. The molecule has 2 fully saturated rings. The molecule has 2 heterocycles. The number of amidine groups is 1. The smallest absolute Gasteiger partial charge is 0.256 e. The van der Waals surface area contributed by atoms with E-state index >= 15 is 0 Å². The lowest BCUT2D eigenvalue weighted by Gasteiger charge is -2.17. The Balaban J connectivity index is 1.72. The summed E-state index contributed by atoms with van der Waals surface area (Å²) in [6, 6.07) is 0. The minimum absolute atomic E-state index is 0.141. The number of rotatable bonds is 6. The van der Waals surface area contributed by atoms with Crippen LogP contribution in [0.15, 0.2) is 33.0 Å². The van der Waals surface area contributed by atoms with E-state index in [1.54, 1.807) is 32.6 Å². The monoisotopic (exact) mass is 380 g/mol. The fraction of sp³-hybridized carbons (Fsp3) is 0.450. The number of amides is 1. The number of carbonyl (C=O) groups is 1. The van der Waals surface area contributed by atoms with Gasteiger partial charge in [-0.3, -0.25) is 19.8 Å². The Bertz CT molecular complexity index is 955. The van der Waals surface area contributed by atoms with Crippen LogP contribution >= 0.6 is 0 Å². The molecule has 8 heteroatoms. The van der Waals surface area contributed by atoms with E-state index in [9.17, 15) is 4.79 Å². The van der Waals surface area contributed by atoms with Gasteiger partial charge in [0, 0.05) is 19.4 Å². The zero-order chi connectivity index (χ0) is 19.9. The third-order valence-corrected chi connectivity index (χ3v) is 5.42. The zero-order valence-electron chi connectivity index (χ0n) is 16.4. The largest absolute Gasteiger partial charge is 0.444 e. The average molecular weight is 380 g/mol. The molecule has 28 heavy (non-hydrogen) atoms. The predicted molar refractivity (Wildman–Crippen MR) is 107 cm³/mol. The lowest BCUT2D eigenvalue weighted by molar-refractivity contribution is 0.0928. The molecule has 146 valence electrons. The highest BCUT2D eigenvalue weighted by Gasteiger charge is 2.48. The number of anilines is 1. The standard InChI is InChI=1S/C20H24N6O2/c1-12-14(17(27)26-20(7-8-20)13-11-23-9-10-24-13)15(18(22-4)28-12)16(21-3)25-19(2)5-6-19/h9-11,22H,3,5-8H2,1-2,4H3,(H,26,27). The van der Waals surface area contributed by atoms with E-state index in [4.69, 9.17) is 9.41 Å². The van der Waals surface area contributed by atoms with Crippen molar-refractivity contribution in [1.82, 2.24) is 15.3 Å². The van der Waals surface area contributed by atoms with Crippen molar-refractivity contribution in [2.24, 2.45) is 9.98 Å². The van der Waals surface area contributed by atoms with Crippen LogP contribution in [0.3, 0.4) is 0 Å². The number of aliphatic imine (C=N–C) groups is 2. The van der Waals surface area contributed by atoms with Crippen LogP contribution < -0.4 is 10.6 Å². The summed E-state index contributed by atoms with van der Waals surface area (Å²) in [5, 5.41) is 6.13. The van der Waals surface area contributed by atoms with E-state index in [2.05, 4.69) is 39.2 Å². The van der Waals surface area contributed by atoms with E-state index < -0.39 is 5.54 Å². The Labute approximate surface area is 163 Å². The summed E-state index contributed by atoms with van der Waals surface area (Å²) >= 11 is 0. The maximum Gasteiger partial charge on any atom is 0.256 e. The first-order valence-corrected chi connectivity index (χ1v) is 9.38. The van der Waals surface area contributed by atoms with Crippen molar-refractivity contribution >= 4 is 24.3 Å². The van der Waals surface area contributed by atoms with Crippen molar-refractivity contribution in [1.29, 1.82) is 0 Å². The molecule has 0 spiro atoms. The van der Waals surface area contributed by atoms with Crippen molar-refractivity contribution in [2.45, 2.75) is 50.6 Å². The quantitative estimate of drug-likeness (QED) is 0.592. The summed E-state index contributed by atoms with van der Waals surface area (Å²) in [5.41, 5.74) is 1.12. The molecule has 0 radical (unpaired) electrons. The zero-order valence-corrected chi connectivity index (χ0v) is 16.4. The molecule has 2 aliphatic rings. The summed E-state index contributed by atoms with van der Waals surface area (Å²) in [5.74, 6) is 1.15. The van der Waals surface area contributed by atoms with Crippen molar-refractivity contribution < 1.29 is 9.21 Å². The Morgan fingerprint density at radius 3 is 2.54 bits per heavy atom. The second-order valence-electron chi connectivity index (χ2n) is 7.70. The number of aryl methyl sites for hydroxylation is 1. The summed E-state index contributed by atoms with van der Waals surface area (Å²) in [6.07, 6.45) is 8.59. The molecule has 8 nitrogen and oxygen atoms in total. The molecule has 0 unspecified atom stereocenters. The second kappa shape index (κ2) is 6.54. The van der Waals surface area contributed by atoms with Gasteiger partial charge in [-0.05, 0) is 46.2 Å². The van der Waals surface area contributed by atoms with Gasteiger partial charge in [-0.1, -0.05) is 0 Å². The number of furan rings is 1. The number of carbonyl (C=O) groups excluding carboxylic acids is 1. The average Bonchev–Trinajstić information content (AvgIpc) is 3.60. The molecule has 4 rings (SSSR count). The third kappa shape index (κ3) is 3.19. The minimum atomic E-state index is -0.479. The van der Waals surface area contributed by atoms with Gasteiger partial charge in [0.2, 0.25) is 5.88 Å². The molecule has 1 amide bonds. The number of nitrogens with zero attached hydrogens (tertiary/aromatic N) is 4. The van der Waals surface area contributed by atoms with Gasteiger partial charge in [0.05, 0.1) is 34.1 Å². The summed E-state index contributed by atoms with van der Waals surface area (Å²) in [4.78, 5) is 30.6. The number of aromatic nitrogens is 2. The molecular weight excluding hydrogens is 356 g/mol. The van der Waals surface area contributed by atoms with Crippen LogP contribution in [0.4, 0.5) is 5.88 Å². The molecule has 2 aliphatic carbocycles. The van der Waals surface area contributed by atoms with E-state index in [1.807, 2.05) is 0 Å². The van der Waals surface area contributed by atoms with Crippen LogP contribution in [0.1, 0.15) is 60.0 Å². The fourth-order valence-corrected chi connectivity index (χ4v) is 3.32. The van der Waals surface area contributed by atoms with Gasteiger partial charge in [-0.25, -0.2) is 4.99 Å². The SMILES string of the molecule is C=NC(=NC1(C)CC1)c1c(NC)oc(C)c1C(=O)NC1(c2cnccn2)CC1. The van der Waals surface area contributed by atoms with Gasteiger partial charge in [0.1, 0.15) is 5.76 Å². The molecule has 2 saturated carbocycles. The van der Waals surface area contributed by atoms with Crippen molar-refractivity contribution in [3.63, 3.8) is 0 Å². The van der Waals surface area contributed by atoms with E-state index in [1.165, 1.54) is 0 Å². The van der Waals surface area contributed by atoms with Gasteiger partial charge in [0.25, 0.3) is 5.91 Å². The van der Waals surface area contributed by atoms with Gasteiger partial charge < -0.3 is 15.1 Å². The van der Waals surface area contributed by atoms with Crippen LogP contribution in [0, 0.1) is 6.92 Å². The lowest BCUT2D eigenvalue weighted by atomic mass is 10.1. The molecule has 0 atom stereocenters. The minimum Gasteiger partial charge on any atom is -0.444 e. The van der Waals surface area contributed by atoms with E-state index in [0.717, 1.165) is 31.4 Å². The Hall–Kier alpha value is -3.03. The lowest BCUT2D eigenvalue weighted by Crippen LogP contribution is -2.36. The van der Waals surface area contributed by atoms with Crippen LogP contribution in [0.2, 0.25) is 0 Å². The molecule has 2 aromatic heterocycles. The molecule has 0 saturated heterocycles.